The van der Waals surface area contributed by atoms with Gasteiger partial charge in [0.1, 0.15) is 29.8 Å². The lowest BCUT2D eigenvalue weighted by atomic mass is 10.2. The van der Waals surface area contributed by atoms with Gasteiger partial charge in [-0.3, -0.25) is 9.59 Å². The molecule has 0 aliphatic rings. The average molecular weight is 428 g/mol. The van der Waals surface area contributed by atoms with Gasteiger partial charge in [-0.2, -0.15) is 5.10 Å². The molecule has 32 heavy (non-hydrogen) atoms. The summed E-state index contributed by atoms with van der Waals surface area (Å²) in [6.45, 7) is 1.65. The zero-order valence-corrected chi connectivity index (χ0v) is 17.2. The molecule has 0 radical (unpaired) electrons. The van der Waals surface area contributed by atoms with Crippen molar-refractivity contribution in [2.75, 3.05) is 16.0 Å². The summed E-state index contributed by atoms with van der Waals surface area (Å²) in [4.78, 5) is 36.9. The minimum absolute atomic E-state index is 0.161. The highest BCUT2D eigenvalue weighted by molar-refractivity contribution is 5.90. The van der Waals surface area contributed by atoms with Crippen LogP contribution in [0.2, 0.25) is 0 Å². The van der Waals surface area contributed by atoms with Crippen LogP contribution < -0.4 is 21.5 Å². The van der Waals surface area contributed by atoms with E-state index in [0.717, 1.165) is 10.4 Å². The van der Waals surface area contributed by atoms with Gasteiger partial charge in [0.2, 0.25) is 5.91 Å². The third kappa shape index (κ3) is 5.51. The van der Waals surface area contributed by atoms with Gasteiger partial charge in [0.15, 0.2) is 0 Å². The summed E-state index contributed by atoms with van der Waals surface area (Å²) in [6.07, 6.45) is 3.16. The Morgan fingerprint density at radius 1 is 0.875 bits per heavy atom. The number of amides is 1. The summed E-state index contributed by atoms with van der Waals surface area (Å²) in [5.41, 5.74) is 1.05. The highest BCUT2D eigenvalue weighted by atomic mass is 16.2. The first-order valence-electron chi connectivity index (χ1n) is 9.78. The van der Waals surface area contributed by atoms with Gasteiger partial charge in [0.25, 0.3) is 5.56 Å². The molecule has 0 saturated heterocycles. The molecule has 0 spiro atoms. The van der Waals surface area contributed by atoms with E-state index >= 15 is 0 Å². The molecular weight excluding hydrogens is 408 g/mol. The predicted molar refractivity (Wildman–Crippen MR) is 121 cm³/mol. The Labute approximate surface area is 183 Å². The number of nitrogens with one attached hydrogen (secondary N) is 3. The standard InChI is InChI=1S/C22H20N8O2/c1-15-25-19(13-20(26-15)29-18-5-2-3-11-23-18)27-16-7-9-17(10-8-16)28-21(31)14-30-22(32)6-4-12-24-30/h2-13H,14H2,1H3,(H,28,31)(H2,23,25,26,27,29). The first-order valence-corrected chi connectivity index (χ1v) is 9.78. The quantitative estimate of drug-likeness (QED) is 0.410. The van der Waals surface area contributed by atoms with Crippen LogP contribution in [0.15, 0.2) is 77.9 Å². The van der Waals surface area contributed by atoms with Gasteiger partial charge in [-0.1, -0.05) is 6.07 Å². The third-order valence-corrected chi connectivity index (χ3v) is 4.28. The monoisotopic (exact) mass is 428 g/mol. The molecule has 4 rings (SSSR count). The molecule has 0 fully saturated rings. The van der Waals surface area contributed by atoms with Gasteiger partial charge in [-0.25, -0.2) is 19.6 Å². The Kier molecular flexibility index (Phi) is 6.12. The lowest BCUT2D eigenvalue weighted by Crippen LogP contribution is -2.28. The second kappa shape index (κ2) is 9.47. The number of rotatable bonds is 7. The van der Waals surface area contributed by atoms with E-state index in [1.54, 1.807) is 31.3 Å². The molecule has 10 heteroatoms. The van der Waals surface area contributed by atoms with Crippen LogP contribution in [0.3, 0.4) is 0 Å². The van der Waals surface area contributed by atoms with Crippen LogP contribution in [0.1, 0.15) is 5.82 Å². The van der Waals surface area contributed by atoms with Gasteiger partial charge < -0.3 is 16.0 Å². The number of aromatic nitrogens is 5. The van der Waals surface area contributed by atoms with E-state index in [4.69, 9.17) is 0 Å². The van der Waals surface area contributed by atoms with Crippen LogP contribution in [-0.4, -0.2) is 30.6 Å². The fraction of sp³-hybridized carbons (Fsp3) is 0.0909. The Morgan fingerprint density at radius 3 is 2.34 bits per heavy atom. The average Bonchev–Trinajstić information content (AvgIpc) is 2.77. The Bertz CT molecular complexity index is 1270. The van der Waals surface area contributed by atoms with Crippen LogP contribution >= 0.6 is 0 Å². The maximum atomic E-state index is 12.2. The highest BCUT2D eigenvalue weighted by Gasteiger charge is 2.07. The maximum absolute atomic E-state index is 12.2. The first kappa shape index (κ1) is 20.7. The van der Waals surface area contributed by atoms with Crippen molar-refractivity contribution in [1.29, 1.82) is 0 Å². The number of benzene rings is 1. The molecule has 0 aliphatic heterocycles. The summed E-state index contributed by atoms with van der Waals surface area (Å²) < 4.78 is 1.10. The van der Waals surface area contributed by atoms with Crippen LogP contribution in [0.4, 0.5) is 28.8 Å². The first-order chi connectivity index (χ1) is 15.5. The zero-order chi connectivity index (χ0) is 22.3. The predicted octanol–water partition coefficient (Wildman–Crippen LogP) is 2.86. The lowest BCUT2D eigenvalue weighted by molar-refractivity contribution is -0.117. The van der Waals surface area contributed by atoms with Crippen molar-refractivity contribution in [3.63, 3.8) is 0 Å². The molecule has 0 saturated carbocycles. The van der Waals surface area contributed by atoms with E-state index in [9.17, 15) is 9.59 Å². The third-order valence-electron chi connectivity index (χ3n) is 4.28. The summed E-state index contributed by atoms with van der Waals surface area (Å²) in [5.74, 6) is 2.17. The Balaban J connectivity index is 1.40. The molecular formula is C22H20N8O2. The molecule has 0 atom stereocenters. The molecule has 160 valence electrons. The van der Waals surface area contributed by atoms with Gasteiger partial charge >= 0.3 is 0 Å². The van der Waals surface area contributed by atoms with Crippen molar-refractivity contribution < 1.29 is 4.79 Å². The van der Waals surface area contributed by atoms with Gasteiger partial charge in [0.05, 0.1) is 0 Å². The minimum Gasteiger partial charge on any atom is -0.340 e. The summed E-state index contributed by atoms with van der Waals surface area (Å²) >= 11 is 0. The summed E-state index contributed by atoms with van der Waals surface area (Å²) in [5, 5.41) is 13.0. The molecule has 3 N–H and O–H groups in total. The van der Waals surface area contributed by atoms with Gasteiger partial charge in [0, 0.05) is 35.9 Å². The number of carbonyl (C=O) groups excluding carboxylic acids is 1. The molecule has 1 amide bonds. The number of carbonyl (C=O) groups is 1. The van der Waals surface area contributed by atoms with Crippen LogP contribution in [0.25, 0.3) is 0 Å². The van der Waals surface area contributed by atoms with E-state index < -0.39 is 0 Å². The molecule has 3 heterocycles. The summed E-state index contributed by atoms with van der Waals surface area (Å²) in [6, 6.07) is 17.4. The lowest BCUT2D eigenvalue weighted by Gasteiger charge is -2.11. The zero-order valence-electron chi connectivity index (χ0n) is 17.2. The van der Waals surface area contributed by atoms with Gasteiger partial charge in [-0.05, 0) is 49.4 Å². The SMILES string of the molecule is Cc1nc(Nc2ccc(NC(=O)Cn3ncccc3=O)cc2)cc(Nc2ccccn2)n1. The van der Waals surface area contributed by atoms with E-state index in [0.29, 0.717) is 29.0 Å². The number of hydrogen-bond acceptors (Lipinski definition) is 8. The number of aryl methyl sites for hydroxylation is 1. The number of anilines is 5. The topological polar surface area (TPSA) is 127 Å². The van der Waals surface area contributed by atoms with Crippen LogP contribution in [0, 0.1) is 6.92 Å². The largest absolute Gasteiger partial charge is 0.340 e. The van der Waals surface area contributed by atoms with Crippen molar-refractivity contribution in [3.8, 4) is 0 Å². The smallest absolute Gasteiger partial charge is 0.267 e. The van der Waals surface area contributed by atoms with E-state index in [1.807, 2.05) is 30.3 Å². The molecule has 0 aliphatic carbocycles. The van der Waals surface area contributed by atoms with Crippen molar-refractivity contribution >= 4 is 34.7 Å². The van der Waals surface area contributed by atoms with E-state index in [1.165, 1.54) is 18.3 Å². The van der Waals surface area contributed by atoms with Crippen LogP contribution in [-0.2, 0) is 11.3 Å². The molecule has 0 bridgehead atoms. The van der Waals surface area contributed by atoms with Crippen molar-refractivity contribution in [2.45, 2.75) is 13.5 Å². The molecule has 0 unspecified atom stereocenters. The molecule has 3 aromatic heterocycles. The molecule has 1 aromatic carbocycles. The van der Waals surface area contributed by atoms with Gasteiger partial charge in [-0.15, -0.1) is 0 Å². The summed E-state index contributed by atoms with van der Waals surface area (Å²) in [7, 11) is 0. The Morgan fingerprint density at radius 2 is 1.62 bits per heavy atom. The van der Waals surface area contributed by atoms with Crippen molar-refractivity contribution in [3.05, 3.63) is 89.2 Å². The maximum Gasteiger partial charge on any atom is 0.267 e. The highest BCUT2D eigenvalue weighted by Crippen LogP contribution is 2.21. The number of hydrogen-bond donors (Lipinski definition) is 3. The fourth-order valence-corrected chi connectivity index (χ4v) is 2.89. The molecule has 4 aromatic rings. The van der Waals surface area contributed by atoms with Crippen molar-refractivity contribution in [1.82, 2.24) is 24.7 Å². The number of nitrogens with zero attached hydrogens (tertiary/aromatic N) is 5. The second-order valence-electron chi connectivity index (χ2n) is 6.80. The normalized spacial score (nSPS) is 10.4. The number of pyridine rings is 1. The molecule has 10 nitrogen and oxygen atoms in total. The Hall–Kier alpha value is -4.60. The van der Waals surface area contributed by atoms with E-state index in [2.05, 4.69) is 36.0 Å². The van der Waals surface area contributed by atoms with E-state index in [-0.39, 0.29) is 18.0 Å². The van der Waals surface area contributed by atoms with Crippen molar-refractivity contribution in [2.24, 2.45) is 0 Å². The minimum atomic E-state index is -0.344. The van der Waals surface area contributed by atoms with Crippen LogP contribution in [0.5, 0.6) is 0 Å². The fourth-order valence-electron chi connectivity index (χ4n) is 2.89. The second-order valence-corrected chi connectivity index (χ2v) is 6.80.